The van der Waals surface area contributed by atoms with Crippen LogP contribution in [0.4, 0.5) is 14.5 Å². The molecule has 1 heterocycles. The Morgan fingerprint density at radius 2 is 1.95 bits per heavy atom. The fourth-order valence-electron chi connectivity index (χ4n) is 1.80. The Morgan fingerprint density at radius 3 is 2.55 bits per heavy atom. The Labute approximate surface area is 115 Å². The Bertz CT molecular complexity index is 565. The minimum absolute atomic E-state index is 0.154. The highest BCUT2D eigenvalue weighted by Crippen LogP contribution is 2.21. The monoisotopic (exact) mass is 280 g/mol. The van der Waals surface area contributed by atoms with Gasteiger partial charge in [0.05, 0.1) is 19.4 Å². The normalized spacial score (nSPS) is 10.3. The SMILES string of the molecule is CN(CC(=O)NCc1ccco1)c1c(F)cccc1F. The van der Waals surface area contributed by atoms with Crippen molar-refractivity contribution in [1.82, 2.24) is 5.32 Å². The molecule has 6 heteroatoms. The third-order valence-electron chi connectivity index (χ3n) is 2.74. The summed E-state index contributed by atoms with van der Waals surface area (Å²) in [6.45, 7) is 0.0813. The van der Waals surface area contributed by atoms with E-state index in [0.29, 0.717) is 5.76 Å². The van der Waals surface area contributed by atoms with Crippen molar-refractivity contribution in [3.63, 3.8) is 0 Å². The summed E-state index contributed by atoms with van der Waals surface area (Å²) in [6, 6.07) is 7.01. The number of furan rings is 1. The van der Waals surface area contributed by atoms with E-state index in [2.05, 4.69) is 5.32 Å². The third-order valence-corrected chi connectivity index (χ3v) is 2.74. The van der Waals surface area contributed by atoms with E-state index in [0.717, 1.165) is 12.1 Å². The number of anilines is 1. The number of halogens is 2. The van der Waals surface area contributed by atoms with Crippen molar-refractivity contribution < 1.29 is 18.0 Å². The van der Waals surface area contributed by atoms with Gasteiger partial charge in [-0.05, 0) is 24.3 Å². The lowest BCUT2D eigenvalue weighted by Crippen LogP contribution is -2.35. The number of nitrogens with zero attached hydrogens (tertiary/aromatic N) is 1. The Kier molecular flexibility index (Phi) is 4.34. The van der Waals surface area contributed by atoms with Crippen LogP contribution in [-0.4, -0.2) is 19.5 Å². The molecule has 0 unspecified atom stereocenters. The Hall–Kier alpha value is -2.37. The second-order valence-corrected chi connectivity index (χ2v) is 4.28. The van der Waals surface area contributed by atoms with Gasteiger partial charge in [-0.3, -0.25) is 4.79 Å². The molecule has 20 heavy (non-hydrogen) atoms. The molecule has 0 spiro atoms. The number of carbonyl (C=O) groups excluding carboxylic acids is 1. The summed E-state index contributed by atoms with van der Waals surface area (Å²) in [6.07, 6.45) is 1.50. The largest absolute Gasteiger partial charge is 0.467 e. The van der Waals surface area contributed by atoms with Crippen LogP contribution in [0.25, 0.3) is 0 Å². The van der Waals surface area contributed by atoms with E-state index in [4.69, 9.17) is 4.42 Å². The van der Waals surface area contributed by atoms with Crippen LogP contribution in [-0.2, 0) is 11.3 Å². The van der Waals surface area contributed by atoms with E-state index in [1.165, 1.54) is 24.3 Å². The maximum absolute atomic E-state index is 13.5. The number of likely N-dealkylation sites (N-methyl/N-ethyl adjacent to an activating group) is 1. The first-order valence-electron chi connectivity index (χ1n) is 6.02. The lowest BCUT2D eigenvalue weighted by molar-refractivity contribution is -0.120. The number of benzene rings is 1. The first-order valence-corrected chi connectivity index (χ1v) is 6.02. The summed E-state index contributed by atoms with van der Waals surface area (Å²) in [5.74, 6) is -1.15. The zero-order valence-electron chi connectivity index (χ0n) is 10.9. The fraction of sp³-hybridized carbons (Fsp3) is 0.214. The molecule has 2 aromatic rings. The minimum atomic E-state index is -0.702. The quantitative estimate of drug-likeness (QED) is 0.914. The average molecular weight is 280 g/mol. The highest BCUT2D eigenvalue weighted by atomic mass is 19.1. The van der Waals surface area contributed by atoms with Crippen LogP contribution >= 0.6 is 0 Å². The number of amides is 1. The van der Waals surface area contributed by atoms with Crippen LogP contribution in [0.15, 0.2) is 41.0 Å². The van der Waals surface area contributed by atoms with Gasteiger partial charge in [0.15, 0.2) is 0 Å². The number of hydrogen-bond acceptors (Lipinski definition) is 3. The first-order chi connectivity index (χ1) is 9.58. The smallest absolute Gasteiger partial charge is 0.239 e. The zero-order valence-corrected chi connectivity index (χ0v) is 10.9. The number of rotatable bonds is 5. The molecule has 106 valence electrons. The van der Waals surface area contributed by atoms with Gasteiger partial charge >= 0.3 is 0 Å². The molecule has 1 N–H and O–H groups in total. The van der Waals surface area contributed by atoms with Crippen LogP contribution in [0.2, 0.25) is 0 Å². The van der Waals surface area contributed by atoms with E-state index in [1.54, 1.807) is 12.1 Å². The molecular weight excluding hydrogens is 266 g/mol. The van der Waals surface area contributed by atoms with Crippen LogP contribution < -0.4 is 10.2 Å². The molecule has 0 aliphatic heterocycles. The molecule has 1 aromatic carbocycles. The van der Waals surface area contributed by atoms with Crippen LogP contribution in [0, 0.1) is 11.6 Å². The van der Waals surface area contributed by atoms with Crippen molar-refractivity contribution >= 4 is 11.6 Å². The molecule has 1 amide bonds. The molecule has 0 aliphatic rings. The van der Waals surface area contributed by atoms with Gasteiger partial charge in [0.2, 0.25) is 5.91 Å². The summed E-state index contributed by atoms with van der Waals surface area (Å²) < 4.78 is 32.1. The van der Waals surface area contributed by atoms with E-state index < -0.39 is 11.6 Å². The van der Waals surface area contributed by atoms with Crippen molar-refractivity contribution in [3.05, 3.63) is 54.0 Å². The van der Waals surface area contributed by atoms with Crippen molar-refractivity contribution in [2.45, 2.75) is 6.54 Å². The molecule has 0 bridgehead atoms. The molecule has 1 aromatic heterocycles. The Morgan fingerprint density at radius 1 is 1.25 bits per heavy atom. The predicted octanol–water partition coefficient (Wildman–Crippen LogP) is 2.31. The van der Waals surface area contributed by atoms with Gasteiger partial charge in [-0.15, -0.1) is 0 Å². The zero-order chi connectivity index (χ0) is 14.5. The second-order valence-electron chi connectivity index (χ2n) is 4.28. The van der Waals surface area contributed by atoms with Gasteiger partial charge in [-0.25, -0.2) is 8.78 Å². The van der Waals surface area contributed by atoms with E-state index in [-0.39, 0.29) is 24.7 Å². The van der Waals surface area contributed by atoms with Gasteiger partial charge in [0.1, 0.15) is 23.1 Å². The van der Waals surface area contributed by atoms with Gasteiger partial charge in [0, 0.05) is 7.05 Å². The molecule has 0 saturated carbocycles. The second kappa shape index (κ2) is 6.18. The summed E-state index contributed by atoms with van der Waals surface area (Å²) in [7, 11) is 1.45. The number of nitrogens with one attached hydrogen (secondary N) is 1. The molecule has 0 saturated heterocycles. The standard InChI is InChI=1S/C14H14F2N2O2/c1-18(14-11(15)5-2-6-12(14)16)9-13(19)17-8-10-4-3-7-20-10/h2-7H,8-9H2,1H3,(H,17,19). The van der Waals surface area contributed by atoms with E-state index in [9.17, 15) is 13.6 Å². The van der Waals surface area contributed by atoms with Gasteiger partial charge in [-0.1, -0.05) is 6.07 Å². The number of para-hydroxylation sites is 1. The fourth-order valence-corrected chi connectivity index (χ4v) is 1.80. The highest BCUT2D eigenvalue weighted by molar-refractivity contribution is 5.81. The van der Waals surface area contributed by atoms with Gasteiger partial charge in [0.25, 0.3) is 0 Å². The maximum Gasteiger partial charge on any atom is 0.239 e. The van der Waals surface area contributed by atoms with Crippen LogP contribution in [0.5, 0.6) is 0 Å². The lowest BCUT2D eigenvalue weighted by atomic mass is 10.2. The predicted molar refractivity (Wildman–Crippen MR) is 70.2 cm³/mol. The van der Waals surface area contributed by atoms with Crippen molar-refractivity contribution in [3.8, 4) is 0 Å². The topological polar surface area (TPSA) is 45.5 Å². The van der Waals surface area contributed by atoms with Crippen LogP contribution in [0.3, 0.4) is 0 Å². The van der Waals surface area contributed by atoms with E-state index in [1.807, 2.05) is 0 Å². The molecule has 2 rings (SSSR count). The average Bonchev–Trinajstić information content (AvgIpc) is 2.89. The Balaban J connectivity index is 1.93. The maximum atomic E-state index is 13.5. The molecule has 4 nitrogen and oxygen atoms in total. The van der Waals surface area contributed by atoms with Gasteiger partial charge < -0.3 is 14.6 Å². The summed E-state index contributed by atoms with van der Waals surface area (Å²) >= 11 is 0. The van der Waals surface area contributed by atoms with Crippen LogP contribution in [0.1, 0.15) is 5.76 Å². The first kappa shape index (κ1) is 14.0. The van der Waals surface area contributed by atoms with Crippen molar-refractivity contribution in [2.75, 3.05) is 18.5 Å². The third kappa shape index (κ3) is 3.34. The lowest BCUT2D eigenvalue weighted by Gasteiger charge is -2.19. The van der Waals surface area contributed by atoms with Crippen molar-refractivity contribution in [1.29, 1.82) is 0 Å². The van der Waals surface area contributed by atoms with E-state index >= 15 is 0 Å². The summed E-state index contributed by atoms with van der Waals surface area (Å²) in [4.78, 5) is 12.9. The summed E-state index contributed by atoms with van der Waals surface area (Å²) in [5.41, 5.74) is -0.222. The minimum Gasteiger partial charge on any atom is -0.467 e. The number of carbonyl (C=O) groups is 1. The molecule has 0 radical (unpaired) electrons. The number of hydrogen-bond donors (Lipinski definition) is 1. The highest BCUT2D eigenvalue weighted by Gasteiger charge is 2.15. The molecule has 0 atom stereocenters. The summed E-state index contributed by atoms with van der Waals surface area (Å²) in [5, 5.41) is 2.61. The molecular formula is C14H14F2N2O2. The van der Waals surface area contributed by atoms with Crippen molar-refractivity contribution in [2.24, 2.45) is 0 Å². The molecule has 0 aliphatic carbocycles. The molecule has 0 fully saturated rings. The van der Waals surface area contributed by atoms with Gasteiger partial charge in [-0.2, -0.15) is 0 Å².